The Morgan fingerprint density at radius 2 is 1.59 bits per heavy atom. The molecule has 0 aliphatic heterocycles. The first-order chi connectivity index (χ1) is 12.8. The van der Waals surface area contributed by atoms with Crippen molar-refractivity contribution in [1.82, 2.24) is 16.0 Å². The molecule has 0 fully saturated rings. The van der Waals surface area contributed by atoms with Crippen LogP contribution in [0.2, 0.25) is 0 Å². The van der Waals surface area contributed by atoms with E-state index in [-0.39, 0.29) is 13.0 Å². The normalized spacial score (nSPS) is 13.9. The van der Waals surface area contributed by atoms with Crippen molar-refractivity contribution in [3.63, 3.8) is 0 Å². The zero-order valence-electron chi connectivity index (χ0n) is 15.8. The number of hydrogen-bond donors (Lipinski definition) is 6. The molecule has 0 saturated carbocycles. The Morgan fingerprint density at radius 1 is 0.963 bits per heavy atom. The lowest BCUT2D eigenvalue weighted by molar-refractivity contribution is -0.142. The Labute approximate surface area is 163 Å². The fourth-order valence-electron chi connectivity index (χ4n) is 2.19. The van der Waals surface area contributed by atoms with Crippen molar-refractivity contribution in [2.75, 3.05) is 25.1 Å². The largest absolute Gasteiger partial charge is 0.480 e. The van der Waals surface area contributed by atoms with E-state index in [2.05, 4.69) is 16.0 Å². The molecule has 0 saturated heterocycles. The van der Waals surface area contributed by atoms with Crippen LogP contribution in [0, 0.1) is 0 Å². The van der Waals surface area contributed by atoms with E-state index in [1.54, 1.807) is 0 Å². The summed E-state index contributed by atoms with van der Waals surface area (Å²) in [7, 11) is 0. The zero-order chi connectivity index (χ0) is 20.8. The average molecular weight is 406 g/mol. The maximum Gasteiger partial charge on any atom is 0.326 e. The van der Waals surface area contributed by atoms with E-state index < -0.39 is 41.8 Å². The van der Waals surface area contributed by atoms with Crippen molar-refractivity contribution in [2.24, 2.45) is 11.5 Å². The molecule has 0 heterocycles. The number of carboxylic acids is 1. The van der Waals surface area contributed by atoms with E-state index in [0.717, 1.165) is 0 Å². The lowest BCUT2D eigenvalue weighted by Crippen LogP contribution is -2.55. The van der Waals surface area contributed by atoms with Crippen molar-refractivity contribution < 1.29 is 24.3 Å². The molecule has 27 heavy (non-hydrogen) atoms. The van der Waals surface area contributed by atoms with Gasteiger partial charge < -0.3 is 32.5 Å². The lowest BCUT2D eigenvalue weighted by Gasteiger charge is -2.23. The molecule has 11 heteroatoms. The summed E-state index contributed by atoms with van der Waals surface area (Å²) in [6.07, 6.45) is 3.67. The van der Waals surface area contributed by atoms with Gasteiger partial charge in [-0.05, 0) is 51.2 Å². The number of thioether (sulfide) groups is 1. The van der Waals surface area contributed by atoms with Crippen molar-refractivity contribution in [1.29, 1.82) is 0 Å². The Kier molecular flexibility index (Phi) is 13.3. The quantitative estimate of drug-likeness (QED) is 0.187. The van der Waals surface area contributed by atoms with E-state index in [1.807, 2.05) is 6.26 Å². The molecule has 0 aromatic rings. The Hall–Kier alpha value is -1.85. The average Bonchev–Trinajstić information content (AvgIpc) is 2.63. The van der Waals surface area contributed by atoms with E-state index in [9.17, 15) is 24.3 Å². The second-order valence-corrected chi connectivity index (χ2v) is 7.01. The molecule has 0 rings (SSSR count). The molecular weight excluding hydrogens is 374 g/mol. The van der Waals surface area contributed by atoms with Crippen molar-refractivity contribution in [3.8, 4) is 0 Å². The van der Waals surface area contributed by atoms with Gasteiger partial charge in [0.15, 0.2) is 0 Å². The Balaban J connectivity index is 4.98. The molecule has 0 aliphatic carbocycles. The first-order valence-corrected chi connectivity index (χ1v) is 10.2. The molecule has 3 unspecified atom stereocenters. The first-order valence-electron chi connectivity index (χ1n) is 8.78. The van der Waals surface area contributed by atoms with Crippen LogP contribution in [0.25, 0.3) is 0 Å². The minimum absolute atomic E-state index is 0.256. The van der Waals surface area contributed by atoms with Gasteiger partial charge in [0.05, 0.1) is 6.54 Å². The van der Waals surface area contributed by atoms with Gasteiger partial charge in [-0.25, -0.2) is 4.79 Å². The number of rotatable bonds is 14. The van der Waals surface area contributed by atoms with Crippen LogP contribution in [-0.4, -0.2) is 72.0 Å². The summed E-state index contributed by atoms with van der Waals surface area (Å²) in [5, 5.41) is 16.7. The van der Waals surface area contributed by atoms with Crippen LogP contribution in [0.15, 0.2) is 0 Å². The first kappa shape index (κ1) is 25.1. The highest BCUT2D eigenvalue weighted by Gasteiger charge is 2.27. The van der Waals surface area contributed by atoms with E-state index in [4.69, 9.17) is 11.5 Å². The maximum absolute atomic E-state index is 12.5. The molecule has 0 radical (unpaired) electrons. The number of carbonyl (C=O) groups is 4. The summed E-state index contributed by atoms with van der Waals surface area (Å²) >= 11 is 1.47. The van der Waals surface area contributed by atoms with Gasteiger partial charge in [0, 0.05) is 0 Å². The molecule has 10 nitrogen and oxygen atoms in total. The topological polar surface area (TPSA) is 177 Å². The molecule has 8 N–H and O–H groups in total. The monoisotopic (exact) mass is 405 g/mol. The van der Waals surface area contributed by atoms with Crippen molar-refractivity contribution >= 4 is 35.5 Å². The number of amides is 3. The van der Waals surface area contributed by atoms with Gasteiger partial charge in [-0.2, -0.15) is 11.8 Å². The van der Waals surface area contributed by atoms with Crippen LogP contribution in [0.5, 0.6) is 0 Å². The molecule has 0 spiro atoms. The van der Waals surface area contributed by atoms with Gasteiger partial charge in [0.2, 0.25) is 17.7 Å². The highest BCUT2D eigenvalue weighted by Crippen LogP contribution is 2.05. The van der Waals surface area contributed by atoms with Crippen LogP contribution in [-0.2, 0) is 19.2 Å². The van der Waals surface area contributed by atoms with Crippen LogP contribution in [0.1, 0.15) is 32.6 Å². The van der Waals surface area contributed by atoms with Gasteiger partial charge in [-0.15, -0.1) is 0 Å². The minimum Gasteiger partial charge on any atom is -0.480 e. The summed E-state index contributed by atoms with van der Waals surface area (Å²) in [6, 6.07) is -2.83. The smallest absolute Gasteiger partial charge is 0.326 e. The maximum atomic E-state index is 12.5. The van der Waals surface area contributed by atoms with Gasteiger partial charge in [-0.1, -0.05) is 0 Å². The van der Waals surface area contributed by atoms with Crippen molar-refractivity contribution in [2.45, 2.75) is 50.7 Å². The fraction of sp³-hybridized carbons (Fsp3) is 0.750. The van der Waals surface area contributed by atoms with Gasteiger partial charge in [0.1, 0.15) is 18.1 Å². The molecule has 0 bridgehead atoms. The molecule has 0 aliphatic rings. The second-order valence-electron chi connectivity index (χ2n) is 6.02. The zero-order valence-corrected chi connectivity index (χ0v) is 16.6. The summed E-state index contributed by atoms with van der Waals surface area (Å²) in [5.74, 6) is -2.19. The van der Waals surface area contributed by atoms with Gasteiger partial charge in [0.25, 0.3) is 0 Å². The third-order valence-electron chi connectivity index (χ3n) is 3.76. The number of aliphatic carboxylic acids is 1. The van der Waals surface area contributed by atoms with Crippen molar-refractivity contribution in [3.05, 3.63) is 0 Å². The van der Waals surface area contributed by atoms with Gasteiger partial charge in [-0.3, -0.25) is 14.4 Å². The number of hydrogen-bond acceptors (Lipinski definition) is 7. The minimum atomic E-state index is -1.13. The van der Waals surface area contributed by atoms with Crippen LogP contribution >= 0.6 is 11.8 Å². The van der Waals surface area contributed by atoms with E-state index in [1.165, 1.54) is 18.7 Å². The van der Waals surface area contributed by atoms with Crippen LogP contribution in [0.4, 0.5) is 0 Å². The molecule has 3 atom stereocenters. The van der Waals surface area contributed by atoms with Gasteiger partial charge >= 0.3 is 5.97 Å². The number of carbonyl (C=O) groups excluding carboxylic acids is 3. The highest BCUT2D eigenvalue weighted by molar-refractivity contribution is 7.98. The number of nitrogens with two attached hydrogens (primary N) is 2. The molecular formula is C16H31N5O5S. The molecule has 3 amide bonds. The predicted molar refractivity (Wildman–Crippen MR) is 104 cm³/mol. The molecule has 0 aromatic carbocycles. The van der Waals surface area contributed by atoms with Crippen LogP contribution in [0.3, 0.4) is 0 Å². The number of unbranched alkanes of at least 4 members (excludes halogenated alkanes) is 1. The molecule has 0 aromatic heterocycles. The molecule has 156 valence electrons. The second kappa shape index (κ2) is 14.2. The number of carboxylic acid groups (broad SMARTS) is 1. The number of nitrogens with one attached hydrogen (secondary N) is 3. The Morgan fingerprint density at radius 3 is 2.11 bits per heavy atom. The summed E-state index contributed by atoms with van der Waals surface area (Å²) in [6.45, 7) is 1.65. The standard InChI is InChI=1S/C16H31N5O5S/c1-10(19-13(22)9-18)14(23)20-11(5-3-4-7-17)15(24)21-12(16(25)26)6-8-27-2/h10-12H,3-9,17-18H2,1-2H3,(H,19,22)(H,20,23)(H,21,24)(H,25,26). The highest BCUT2D eigenvalue weighted by atomic mass is 32.2. The fourth-order valence-corrected chi connectivity index (χ4v) is 2.66. The Bertz CT molecular complexity index is 506. The third-order valence-corrected chi connectivity index (χ3v) is 4.41. The SMILES string of the molecule is CSCCC(NC(=O)C(CCCCN)NC(=O)C(C)NC(=O)CN)C(=O)O. The summed E-state index contributed by atoms with van der Waals surface area (Å²) < 4.78 is 0. The third kappa shape index (κ3) is 10.8. The summed E-state index contributed by atoms with van der Waals surface area (Å²) in [5.41, 5.74) is 10.7. The lowest BCUT2D eigenvalue weighted by atomic mass is 10.1. The van der Waals surface area contributed by atoms with E-state index >= 15 is 0 Å². The van der Waals surface area contributed by atoms with E-state index in [0.29, 0.717) is 31.6 Å². The van der Waals surface area contributed by atoms with Crippen LogP contribution < -0.4 is 27.4 Å². The predicted octanol–water partition coefficient (Wildman–Crippen LogP) is -1.61. The summed E-state index contributed by atoms with van der Waals surface area (Å²) in [4.78, 5) is 47.4.